The van der Waals surface area contributed by atoms with E-state index in [0.29, 0.717) is 57.9 Å². The molecule has 7 aromatic rings. The highest BCUT2D eigenvalue weighted by atomic mass is 16.5. The molecule has 0 saturated heterocycles. The van der Waals surface area contributed by atoms with Crippen LogP contribution < -0.4 is 14.2 Å². The van der Waals surface area contributed by atoms with Crippen molar-refractivity contribution in [2.75, 3.05) is 21.3 Å². The molecule has 11 nitrogen and oxygen atoms in total. The van der Waals surface area contributed by atoms with Crippen molar-refractivity contribution in [3.63, 3.8) is 0 Å². The van der Waals surface area contributed by atoms with Gasteiger partial charge in [-0.2, -0.15) is 0 Å². The van der Waals surface area contributed by atoms with Crippen LogP contribution in [0.3, 0.4) is 0 Å². The van der Waals surface area contributed by atoms with E-state index in [1.807, 2.05) is 70.2 Å². The third-order valence-corrected chi connectivity index (χ3v) is 12.4. The summed E-state index contributed by atoms with van der Waals surface area (Å²) >= 11 is 0. The number of benzene rings is 7. The zero-order chi connectivity index (χ0) is 49.9. The van der Waals surface area contributed by atoms with Crippen LogP contribution in [0.15, 0.2) is 127 Å². The van der Waals surface area contributed by atoms with Crippen LogP contribution in [0.4, 0.5) is 0 Å². The summed E-state index contributed by atoms with van der Waals surface area (Å²) in [5.41, 5.74) is 13.1. The van der Waals surface area contributed by atoms with E-state index in [-0.39, 0.29) is 19.8 Å². The summed E-state index contributed by atoms with van der Waals surface area (Å²) in [6.07, 6.45) is 2.43. The quantitative estimate of drug-likeness (QED) is 0.0435. The van der Waals surface area contributed by atoms with Crippen LogP contribution in [0.1, 0.15) is 113 Å². The second-order valence-electron chi connectivity index (χ2n) is 17.0. The molecule has 356 valence electrons. The molecule has 7 aromatic carbocycles. The Morgan fingerprint density at radius 1 is 0.414 bits per heavy atom. The first kappa shape index (κ1) is 49.6. The first-order valence-electron chi connectivity index (χ1n) is 22.6. The van der Waals surface area contributed by atoms with Gasteiger partial charge in [0.15, 0.2) is 12.6 Å². The van der Waals surface area contributed by atoms with Gasteiger partial charge in [-0.1, -0.05) is 78.9 Å². The number of esters is 3. The maximum Gasteiger partial charge on any atom is 0.337 e. The van der Waals surface area contributed by atoms with Gasteiger partial charge in [0.25, 0.3) is 0 Å². The van der Waals surface area contributed by atoms with Gasteiger partial charge in [0.1, 0.15) is 37.1 Å². The Morgan fingerprint density at radius 3 is 1.09 bits per heavy atom. The lowest BCUT2D eigenvalue weighted by molar-refractivity contribution is 0.0592. The van der Waals surface area contributed by atoms with Gasteiger partial charge in [-0.15, -0.1) is 0 Å². The Kier molecular flexibility index (Phi) is 16.1. The summed E-state index contributed by atoms with van der Waals surface area (Å²) in [4.78, 5) is 62.1. The molecule has 11 heteroatoms. The van der Waals surface area contributed by atoms with E-state index in [1.54, 1.807) is 60.7 Å². The summed E-state index contributed by atoms with van der Waals surface area (Å²) in [7, 11) is 4.01. The van der Waals surface area contributed by atoms with E-state index in [1.165, 1.54) is 21.3 Å². The van der Waals surface area contributed by atoms with Crippen molar-refractivity contribution < 1.29 is 52.4 Å². The monoisotopic (exact) mass is 938 g/mol. The van der Waals surface area contributed by atoms with Gasteiger partial charge in [0, 0.05) is 12.8 Å². The van der Waals surface area contributed by atoms with Crippen molar-refractivity contribution in [2.24, 2.45) is 0 Å². The number of aldehydes is 2. The van der Waals surface area contributed by atoms with Gasteiger partial charge in [-0.05, 0) is 149 Å². The molecule has 0 aliphatic heterocycles. The lowest BCUT2D eigenvalue weighted by Gasteiger charge is -2.22. The molecule has 0 amide bonds. The smallest absolute Gasteiger partial charge is 0.337 e. The molecule has 0 N–H and O–H groups in total. The molecule has 0 bridgehead atoms. The van der Waals surface area contributed by atoms with E-state index in [9.17, 15) is 24.0 Å². The minimum absolute atomic E-state index is 0.169. The molecule has 70 heavy (non-hydrogen) atoms. The number of rotatable bonds is 19. The van der Waals surface area contributed by atoms with Crippen LogP contribution in [0.25, 0.3) is 11.1 Å². The van der Waals surface area contributed by atoms with Crippen molar-refractivity contribution in [2.45, 2.75) is 60.4 Å². The number of carbonyl (C=O) groups is 5. The summed E-state index contributed by atoms with van der Waals surface area (Å²) in [5, 5.41) is 0. The second-order valence-corrected chi connectivity index (χ2v) is 17.0. The first-order valence-corrected chi connectivity index (χ1v) is 22.6. The fraction of sp³-hybridized carbons (Fsp3) is 0.203. The third-order valence-electron chi connectivity index (χ3n) is 12.4. The van der Waals surface area contributed by atoms with Gasteiger partial charge < -0.3 is 28.4 Å². The second kappa shape index (κ2) is 22.7. The van der Waals surface area contributed by atoms with E-state index in [4.69, 9.17) is 28.4 Å². The van der Waals surface area contributed by atoms with E-state index in [0.717, 1.165) is 84.9 Å². The highest BCUT2D eigenvalue weighted by Gasteiger charge is 2.22. The van der Waals surface area contributed by atoms with Crippen molar-refractivity contribution in [1.29, 1.82) is 0 Å². The normalized spacial score (nSPS) is 10.8. The Hall–Kier alpha value is -8.31. The third kappa shape index (κ3) is 11.3. The van der Waals surface area contributed by atoms with E-state index < -0.39 is 17.9 Å². The average molecular weight is 939 g/mol. The summed E-state index contributed by atoms with van der Waals surface area (Å²) in [6, 6.07) is 39.3. The van der Waals surface area contributed by atoms with Gasteiger partial charge >= 0.3 is 17.9 Å². The van der Waals surface area contributed by atoms with E-state index in [2.05, 4.69) is 24.3 Å². The van der Waals surface area contributed by atoms with Gasteiger partial charge in [0.2, 0.25) is 0 Å². The van der Waals surface area contributed by atoms with Gasteiger partial charge in [0.05, 0.1) is 49.1 Å². The SMILES string of the molecule is COC(=O)c1ccc(COc2c(Cc3cc(C)c(OCc4ccc(C(=O)OC)cc4)c(C=O)c3C)cc(-c3ccccc3)cc2Cc2cc(C)c(OCc3ccc(C(=O)OC)cc3)c(C=O)c2C)cc1. The molecule has 0 heterocycles. The maximum atomic E-state index is 12.9. The fourth-order valence-corrected chi connectivity index (χ4v) is 8.46. The van der Waals surface area contributed by atoms with E-state index >= 15 is 0 Å². The fourth-order valence-electron chi connectivity index (χ4n) is 8.46. The first-order chi connectivity index (χ1) is 33.8. The van der Waals surface area contributed by atoms with Crippen molar-refractivity contribution in [3.05, 3.63) is 216 Å². The number of carbonyl (C=O) groups excluding carboxylic acids is 5. The predicted molar refractivity (Wildman–Crippen MR) is 266 cm³/mol. The molecule has 7 rings (SSSR count). The molecule has 0 aliphatic carbocycles. The number of hydrogen-bond donors (Lipinski definition) is 0. The van der Waals surface area contributed by atoms with Crippen LogP contribution >= 0.6 is 0 Å². The Balaban J connectivity index is 1.29. The lowest BCUT2D eigenvalue weighted by Crippen LogP contribution is -2.09. The average Bonchev–Trinajstić information content (AvgIpc) is 3.39. The Morgan fingerprint density at radius 2 is 0.757 bits per heavy atom. The van der Waals surface area contributed by atoms with Crippen LogP contribution in [0.5, 0.6) is 17.2 Å². The Bertz CT molecular complexity index is 2890. The molecule has 0 radical (unpaired) electrons. The molecule has 0 saturated carbocycles. The molecule has 0 spiro atoms. The van der Waals surface area contributed by atoms with Gasteiger partial charge in [-0.3, -0.25) is 9.59 Å². The maximum absolute atomic E-state index is 12.9. The van der Waals surface area contributed by atoms with Crippen LogP contribution in [-0.4, -0.2) is 51.8 Å². The minimum atomic E-state index is -0.439. The van der Waals surface area contributed by atoms with Crippen molar-refractivity contribution in [3.8, 4) is 28.4 Å². The highest BCUT2D eigenvalue weighted by molar-refractivity contribution is 5.90. The van der Waals surface area contributed by atoms with Gasteiger partial charge in [-0.25, -0.2) is 14.4 Å². The highest BCUT2D eigenvalue weighted by Crippen LogP contribution is 2.39. The molecular formula is C59H54O11. The summed E-state index contributed by atoms with van der Waals surface area (Å²) in [6.45, 7) is 8.17. The summed E-state index contributed by atoms with van der Waals surface area (Å²) in [5.74, 6) is 0.277. The number of ether oxygens (including phenoxy) is 6. The van der Waals surface area contributed by atoms with Crippen molar-refractivity contribution >= 4 is 30.5 Å². The molecule has 0 unspecified atom stereocenters. The molecule has 0 fully saturated rings. The topological polar surface area (TPSA) is 141 Å². The molecule has 0 aromatic heterocycles. The molecule has 0 aliphatic rings. The zero-order valence-corrected chi connectivity index (χ0v) is 40.3. The largest absolute Gasteiger partial charge is 0.488 e. The van der Waals surface area contributed by atoms with Crippen LogP contribution in [0, 0.1) is 27.7 Å². The lowest BCUT2D eigenvalue weighted by atomic mass is 9.88. The minimum Gasteiger partial charge on any atom is -0.488 e. The number of aryl methyl sites for hydroxylation is 2. The number of methoxy groups -OCH3 is 3. The van der Waals surface area contributed by atoms with Crippen LogP contribution in [-0.2, 0) is 46.9 Å². The summed E-state index contributed by atoms with van der Waals surface area (Å²) < 4.78 is 34.1. The number of hydrogen-bond acceptors (Lipinski definition) is 11. The Labute approximate surface area is 407 Å². The molecular weight excluding hydrogens is 885 g/mol. The predicted octanol–water partition coefficient (Wildman–Crippen LogP) is 11.5. The zero-order valence-electron chi connectivity index (χ0n) is 40.3. The van der Waals surface area contributed by atoms with Crippen molar-refractivity contribution in [1.82, 2.24) is 0 Å². The molecule has 0 atom stereocenters. The van der Waals surface area contributed by atoms with Crippen LogP contribution in [0.2, 0.25) is 0 Å². The standard InChI is InChI=1S/C59H54O11/c1-36-25-47(38(3)52(31-60)54(36)68-33-40-13-19-44(20-14-40)57(62)65-5)27-50-29-49(43-11-9-8-10-12-43)30-51(56(50)70-35-42-17-23-46(24-18-42)59(64)67-7)28-48-26-37(2)55(53(32-61)39(48)4)69-34-41-15-21-45(22-16-41)58(63)66-6/h8-26,29-32H,27-28,33-35H2,1-7H3.